The molecule has 0 aliphatic carbocycles. The van der Waals surface area contributed by atoms with Gasteiger partial charge in [-0.2, -0.15) is 0 Å². The molecule has 2 rings (SSSR count). The third-order valence-corrected chi connectivity index (χ3v) is 3.02. The van der Waals surface area contributed by atoms with Gasteiger partial charge < -0.3 is 9.47 Å². The Hall–Kier alpha value is -2.10. The topological polar surface area (TPSA) is 52.6 Å². The van der Waals surface area contributed by atoms with Crippen LogP contribution in [-0.4, -0.2) is 19.0 Å². The van der Waals surface area contributed by atoms with E-state index in [1.54, 1.807) is 6.07 Å². The lowest BCUT2D eigenvalue weighted by Gasteiger charge is -2.17. The van der Waals surface area contributed by atoms with Crippen LogP contribution in [0.15, 0.2) is 35.9 Å². The lowest BCUT2D eigenvalue weighted by molar-refractivity contribution is -0.140. The Morgan fingerprint density at radius 3 is 3.00 bits per heavy atom. The molecule has 100 valence electrons. The summed E-state index contributed by atoms with van der Waals surface area (Å²) in [6.07, 6.45) is 4.15. The molecule has 0 bridgehead atoms. The number of rotatable bonds is 4. The number of ether oxygens (including phenoxy) is 2. The first kappa shape index (κ1) is 13.3. The maximum absolute atomic E-state index is 11.8. The quantitative estimate of drug-likeness (QED) is 0.361. The van der Waals surface area contributed by atoms with Crippen molar-refractivity contribution in [1.29, 1.82) is 0 Å². The Labute approximate surface area is 112 Å². The Morgan fingerprint density at radius 2 is 2.21 bits per heavy atom. The van der Waals surface area contributed by atoms with Crippen molar-refractivity contribution in [3.63, 3.8) is 0 Å². The van der Waals surface area contributed by atoms with Crippen LogP contribution in [0.2, 0.25) is 0 Å². The third-order valence-electron chi connectivity index (χ3n) is 3.02. The molecule has 0 aromatic heterocycles. The third kappa shape index (κ3) is 3.44. The van der Waals surface area contributed by atoms with E-state index in [-0.39, 0.29) is 11.9 Å². The molecule has 0 spiro atoms. The van der Waals surface area contributed by atoms with E-state index in [9.17, 15) is 9.59 Å². The van der Waals surface area contributed by atoms with Gasteiger partial charge in [0.25, 0.3) is 0 Å². The molecule has 0 atom stereocenters. The molecule has 1 aromatic carbocycles. The zero-order valence-electron chi connectivity index (χ0n) is 10.8. The van der Waals surface area contributed by atoms with E-state index in [1.807, 2.05) is 24.3 Å². The van der Waals surface area contributed by atoms with Crippen LogP contribution in [-0.2, 0) is 20.7 Å². The maximum Gasteiger partial charge on any atom is 0.339 e. The molecule has 4 nitrogen and oxygen atoms in total. The van der Waals surface area contributed by atoms with Crippen molar-refractivity contribution < 1.29 is 19.1 Å². The van der Waals surface area contributed by atoms with E-state index in [0.29, 0.717) is 37.0 Å². The molecule has 0 saturated carbocycles. The minimum Gasteiger partial charge on any atom is -0.469 e. The molecule has 1 aliphatic heterocycles. The number of allylic oxidation sites excluding steroid dienone is 1. The molecule has 0 fully saturated rings. The van der Waals surface area contributed by atoms with Crippen LogP contribution in [0, 0.1) is 0 Å². The number of benzene rings is 1. The molecular formula is C15H16O4. The second kappa shape index (κ2) is 6.18. The molecule has 19 heavy (non-hydrogen) atoms. The highest BCUT2D eigenvalue weighted by atomic mass is 16.5. The van der Waals surface area contributed by atoms with Gasteiger partial charge in [-0.25, -0.2) is 4.79 Å². The van der Waals surface area contributed by atoms with Crippen molar-refractivity contribution in [3.8, 4) is 5.75 Å². The number of para-hydroxylation sites is 1. The van der Waals surface area contributed by atoms with E-state index in [1.165, 1.54) is 7.11 Å². The summed E-state index contributed by atoms with van der Waals surface area (Å²) >= 11 is 0. The monoisotopic (exact) mass is 260 g/mol. The molecular weight excluding hydrogens is 244 g/mol. The highest BCUT2D eigenvalue weighted by molar-refractivity contribution is 5.92. The van der Waals surface area contributed by atoms with E-state index in [4.69, 9.17) is 4.74 Å². The first-order valence-electron chi connectivity index (χ1n) is 6.26. The summed E-state index contributed by atoms with van der Waals surface area (Å²) in [4.78, 5) is 22.7. The predicted octanol–water partition coefficient (Wildman–Crippen LogP) is 2.42. The number of unbranched alkanes of at least 4 members (excludes halogenated alkanes) is 1. The zero-order valence-corrected chi connectivity index (χ0v) is 10.8. The van der Waals surface area contributed by atoms with Crippen molar-refractivity contribution in [2.24, 2.45) is 0 Å². The number of carbonyl (C=O) groups is 2. The van der Waals surface area contributed by atoms with Crippen LogP contribution in [0.3, 0.4) is 0 Å². The number of methoxy groups -OCH3 is 1. The molecule has 0 amide bonds. The van der Waals surface area contributed by atoms with Crippen molar-refractivity contribution in [2.45, 2.75) is 25.7 Å². The van der Waals surface area contributed by atoms with Crippen LogP contribution in [0.4, 0.5) is 0 Å². The van der Waals surface area contributed by atoms with Crippen molar-refractivity contribution in [1.82, 2.24) is 0 Å². The molecule has 1 aromatic rings. The number of fused-ring (bicyclic) bond motifs is 1. The largest absolute Gasteiger partial charge is 0.469 e. The summed E-state index contributed by atoms with van der Waals surface area (Å²) in [5.74, 6) is 0.117. The van der Waals surface area contributed by atoms with Gasteiger partial charge in [-0.05, 0) is 24.5 Å². The Bertz CT molecular complexity index is 517. The van der Waals surface area contributed by atoms with Gasteiger partial charge in [-0.15, -0.1) is 0 Å². The van der Waals surface area contributed by atoms with Gasteiger partial charge in [0, 0.05) is 18.4 Å². The summed E-state index contributed by atoms with van der Waals surface area (Å²) < 4.78 is 9.80. The fraction of sp³-hybridized carbons (Fsp3) is 0.333. The predicted molar refractivity (Wildman–Crippen MR) is 69.7 cm³/mol. The van der Waals surface area contributed by atoms with Crippen LogP contribution in [0.1, 0.15) is 24.8 Å². The lowest BCUT2D eigenvalue weighted by Crippen LogP contribution is -2.19. The minimum atomic E-state index is -0.295. The molecule has 0 unspecified atom stereocenters. The Balaban J connectivity index is 1.95. The highest BCUT2D eigenvalue weighted by Crippen LogP contribution is 2.27. The highest BCUT2D eigenvalue weighted by Gasteiger charge is 2.21. The fourth-order valence-corrected chi connectivity index (χ4v) is 1.97. The summed E-state index contributed by atoms with van der Waals surface area (Å²) in [7, 11) is 1.37. The summed E-state index contributed by atoms with van der Waals surface area (Å²) in [6, 6.07) is 7.51. The first-order valence-corrected chi connectivity index (χ1v) is 6.26. The number of esters is 2. The Morgan fingerprint density at radius 1 is 1.42 bits per heavy atom. The van der Waals surface area contributed by atoms with Gasteiger partial charge >= 0.3 is 11.9 Å². The smallest absolute Gasteiger partial charge is 0.339 e. The molecule has 1 aliphatic rings. The number of hydrogen-bond acceptors (Lipinski definition) is 4. The van der Waals surface area contributed by atoms with E-state index < -0.39 is 0 Å². The van der Waals surface area contributed by atoms with Gasteiger partial charge in [-0.1, -0.05) is 24.3 Å². The molecule has 0 N–H and O–H groups in total. The van der Waals surface area contributed by atoms with Gasteiger partial charge in [-0.3, -0.25) is 4.79 Å². The average molecular weight is 260 g/mol. The second-order valence-electron chi connectivity index (χ2n) is 4.37. The number of carbonyl (C=O) groups excluding carboxylic acids is 2. The van der Waals surface area contributed by atoms with Crippen molar-refractivity contribution in [2.75, 3.05) is 7.11 Å². The van der Waals surface area contributed by atoms with E-state index in [2.05, 4.69) is 4.74 Å². The van der Waals surface area contributed by atoms with Gasteiger partial charge in [0.2, 0.25) is 0 Å². The van der Waals surface area contributed by atoms with Crippen molar-refractivity contribution in [3.05, 3.63) is 41.5 Å². The van der Waals surface area contributed by atoms with Crippen molar-refractivity contribution >= 4 is 11.9 Å². The number of hydrogen-bond donors (Lipinski definition) is 0. The standard InChI is InChI=1S/C15H16O4/c1-18-14(16)9-5-3-7-12-10-11-6-2-4-8-13(11)19-15(12)17/h2,4,6-8H,3,5,9-10H2,1H3/b12-7-. The summed E-state index contributed by atoms with van der Waals surface area (Å²) in [5, 5.41) is 0. The van der Waals surface area contributed by atoms with Crippen LogP contribution in [0.5, 0.6) is 5.75 Å². The van der Waals surface area contributed by atoms with Crippen LogP contribution in [0.25, 0.3) is 0 Å². The molecule has 1 heterocycles. The molecule has 4 heteroatoms. The van der Waals surface area contributed by atoms with Crippen LogP contribution >= 0.6 is 0 Å². The summed E-state index contributed by atoms with van der Waals surface area (Å²) in [5.41, 5.74) is 1.67. The Kier molecular flexibility index (Phi) is 4.34. The minimum absolute atomic E-state index is 0.227. The maximum atomic E-state index is 11.8. The second-order valence-corrected chi connectivity index (χ2v) is 4.37. The van der Waals surface area contributed by atoms with Gasteiger partial charge in [0.15, 0.2) is 0 Å². The summed E-state index contributed by atoms with van der Waals surface area (Å²) in [6.45, 7) is 0. The molecule has 0 radical (unpaired) electrons. The zero-order chi connectivity index (χ0) is 13.7. The van der Waals surface area contributed by atoms with E-state index >= 15 is 0 Å². The van der Waals surface area contributed by atoms with E-state index in [0.717, 1.165) is 5.56 Å². The van der Waals surface area contributed by atoms with Gasteiger partial charge in [0.05, 0.1) is 7.11 Å². The normalized spacial score (nSPS) is 15.8. The molecule has 0 saturated heterocycles. The van der Waals surface area contributed by atoms with Gasteiger partial charge in [0.1, 0.15) is 5.75 Å². The first-order chi connectivity index (χ1) is 9.20. The fourth-order valence-electron chi connectivity index (χ4n) is 1.97. The van der Waals surface area contributed by atoms with Crippen LogP contribution < -0.4 is 4.74 Å². The SMILES string of the molecule is COC(=O)CCC/C=C1/Cc2ccccc2OC1=O. The average Bonchev–Trinajstić information content (AvgIpc) is 2.43. The lowest BCUT2D eigenvalue weighted by atomic mass is 10.00.